The molecule has 0 atom stereocenters. The van der Waals surface area contributed by atoms with E-state index >= 15 is 0 Å². The van der Waals surface area contributed by atoms with E-state index in [0.717, 1.165) is 11.3 Å². The smallest absolute Gasteiger partial charge is 0.258 e. The van der Waals surface area contributed by atoms with Gasteiger partial charge in [-0.05, 0) is 30.2 Å². The Morgan fingerprint density at radius 1 is 1.42 bits per heavy atom. The van der Waals surface area contributed by atoms with E-state index in [1.165, 1.54) is 0 Å². The monoisotopic (exact) mass is 264 g/mol. The lowest BCUT2D eigenvalue weighted by molar-refractivity contribution is -0.123. The molecule has 2 rings (SSSR count). The molecule has 0 unspecified atom stereocenters. The Kier molecular flexibility index (Phi) is 4.35. The van der Waals surface area contributed by atoms with Gasteiger partial charge in [-0.15, -0.1) is 0 Å². The van der Waals surface area contributed by atoms with Crippen LogP contribution >= 0.6 is 0 Å². The minimum absolute atomic E-state index is 0.0181. The zero-order chi connectivity index (χ0) is 13.7. The van der Waals surface area contributed by atoms with Crippen LogP contribution in [0, 0.1) is 0 Å². The number of carbonyl (C=O) groups is 2. The number of nitrogens with one attached hydrogen (secondary N) is 2. The molecule has 0 fully saturated rings. The number of hydrogen-bond acceptors (Lipinski definition) is 4. The van der Waals surface area contributed by atoms with Gasteiger partial charge in [-0.1, -0.05) is 0 Å². The number of aliphatic hydroxyl groups is 1. The standard InChI is InChI=1S/C13H16N2O4/c16-6-5-14-13(18)8-19-10-2-3-11-9(7-10)1-4-12(17)15-11/h2-3,7,16H,1,4-6,8H2,(H,14,18)(H,15,17). The Balaban J connectivity index is 1.91. The molecule has 6 heteroatoms. The second-order valence-electron chi connectivity index (χ2n) is 4.23. The third-order valence-electron chi connectivity index (χ3n) is 2.78. The molecule has 0 saturated carbocycles. The van der Waals surface area contributed by atoms with Gasteiger partial charge < -0.3 is 20.5 Å². The summed E-state index contributed by atoms with van der Waals surface area (Å²) in [5.74, 6) is 0.332. The van der Waals surface area contributed by atoms with Gasteiger partial charge in [0.2, 0.25) is 5.91 Å². The summed E-state index contributed by atoms with van der Waals surface area (Å²) in [5, 5.41) is 13.8. The van der Waals surface area contributed by atoms with Crippen molar-refractivity contribution in [3.05, 3.63) is 23.8 Å². The number of aliphatic hydroxyl groups excluding tert-OH is 1. The number of ether oxygens (including phenoxy) is 1. The van der Waals surface area contributed by atoms with Crippen molar-refractivity contribution in [2.24, 2.45) is 0 Å². The molecule has 1 aliphatic heterocycles. The number of benzene rings is 1. The van der Waals surface area contributed by atoms with Crippen molar-refractivity contribution in [3.8, 4) is 5.75 Å². The molecule has 3 N–H and O–H groups in total. The summed E-state index contributed by atoms with van der Waals surface area (Å²) in [5.41, 5.74) is 1.81. The van der Waals surface area contributed by atoms with E-state index in [9.17, 15) is 9.59 Å². The second-order valence-corrected chi connectivity index (χ2v) is 4.23. The molecule has 0 saturated heterocycles. The summed E-state index contributed by atoms with van der Waals surface area (Å²) in [6.45, 7) is 0.0356. The predicted molar refractivity (Wildman–Crippen MR) is 69.0 cm³/mol. The van der Waals surface area contributed by atoms with E-state index in [1.807, 2.05) is 6.07 Å². The van der Waals surface area contributed by atoms with Gasteiger partial charge in [0.05, 0.1) is 6.61 Å². The highest BCUT2D eigenvalue weighted by Crippen LogP contribution is 2.26. The van der Waals surface area contributed by atoms with Gasteiger partial charge in [-0.25, -0.2) is 0 Å². The zero-order valence-electron chi connectivity index (χ0n) is 10.4. The Morgan fingerprint density at radius 3 is 3.05 bits per heavy atom. The van der Waals surface area contributed by atoms with Crippen LogP contribution in [0.15, 0.2) is 18.2 Å². The molecule has 102 valence electrons. The molecule has 1 heterocycles. The largest absolute Gasteiger partial charge is 0.484 e. The Labute approximate surface area is 110 Å². The van der Waals surface area contributed by atoms with Crippen molar-refractivity contribution in [1.29, 1.82) is 0 Å². The summed E-state index contributed by atoms with van der Waals surface area (Å²) in [6, 6.07) is 5.31. The first-order chi connectivity index (χ1) is 9.19. The van der Waals surface area contributed by atoms with Gasteiger partial charge >= 0.3 is 0 Å². The van der Waals surface area contributed by atoms with Gasteiger partial charge in [0.25, 0.3) is 5.91 Å². The quantitative estimate of drug-likeness (QED) is 0.701. The highest BCUT2D eigenvalue weighted by Gasteiger charge is 2.15. The van der Waals surface area contributed by atoms with Crippen LogP contribution in [0.4, 0.5) is 5.69 Å². The average Bonchev–Trinajstić information content (AvgIpc) is 2.42. The van der Waals surface area contributed by atoms with Crippen LogP contribution in [-0.4, -0.2) is 36.7 Å². The lowest BCUT2D eigenvalue weighted by atomic mass is 10.0. The van der Waals surface area contributed by atoms with E-state index in [4.69, 9.17) is 9.84 Å². The highest BCUT2D eigenvalue weighted by atomic mass is 16.5. The van der Waals surface area contributed by atoms with Crippen LogP contribution in [0.2, 0.25) is 0 Å². The predicted octanol–water partition coefficient (Wildman–Crippen LogP) is 0.0586. The first-order valence-corrected chi connectivity index (χ1v) is 6.12. The van der Waals surface area contributed by atoms with Crippen LogP contribution in [0.5, 0.6) is 5.75 Å². The average molecular weight is 264 g/mol. The summed E-state index contributed by atoms with van der Waals surface area (Å²) >= 11 is 0. The molecule has 0 aliphatic carbocycles. The maximum absolute atomic E-state index is 11.3. The van der Waals surface area contributed by atoms with Gasteiger partial charge in [-0.3, -0.25) is 9.59 Å². The minimum atomic E-state index is -0.278. The van der Waals surface area contributed by atoms with Gasteiger partial charge in [0, 0.05) is 18.7 Å². The lowest BCUT2D eigenvalue weighted by Gasteiger charge is -2.17. The van der Waals surface area contributed by atoms with E-state index in [-0.39, 0.29) is 31.6 Å². The molecule has 19 heavy (non-hydrogen) atoms. The first-order valence-electron chi connectivity index (χ1n) is 6.12. The number of fused-ring (bicyclic) bond motifs is 1. The van der Waals surface area contributed by atoms with Crippen molar-refractivity contribution in [1.82, 2.24) is 5.32 Å². The van der Waals surface area contributed by atoms with E-state index in [1.54, 1.807) is 12.1 Å². The SMILES string of the molecule is O=C(COc1ccc2c(c1)CCC(=O)N2)NCCO. The van der Waals surface area contributed by atoms with E-state index in [2.05, 4.69) is 10.6 Å². The fourth-order valence-corrected chi connectivity index (χ4v) is 1.84. The molecule has 1 aliphatic rings. The second kappa shape index (κ2) is 6.19. The molecule has 0 bridgehead atoms. The van der Waals surface area contributed by atoms with Crippen molar-refractivity contribution in [3.63, 3.8) is 0 Å². The Hall–Kier alpha value is -2.08. The normalized spacial score (nSPS) is 13.4. The van der Waals surface area contributed by atoms with Crippen LogP contribution in [0.25, 0.3) is 0 Å². The maximum atomic E-state index is 11.3. The molecular formula is C13H16N2O4. The molecule has 6 nitrogen and oxygen atoms in total. The number of rotatable bonds is 5. The van der Waals surface area contributed by atoms with Crippen LogP contribution < -0.4 is 15.4 Å². The lowest BCUT2D eigenvalue weighted by Crippen LogP contribution is -2.31. The topological polar surface area (TPSA) is 87.7 Å². The molecule has 0 radical (unpaired) electrons. The minimum Gasteiger partial charge on any atom is -0.484 e. The van der Waals surface area contributed by atoms with Crippen LogP contribution in [-0.2, 0) is 16.0 Å². The Bertz CT molecular complexity index is 488. The van der Waals surface area contributed by atoms with Crippen molar-refractivity contribution in [2.45, 2.75) is 12.8 Å². The van der Waals surface area contributed by atoms with Gasteiger partial charge in [0.15, 0.2) is 6.61 Å². The van der Waals surface area contributed by atoms with Gasteiger partial charge in [0.1, 0.15) is 5.75 Å². The third-order valence-corrected chi connectivity index (χ3v) is 2.78. The molecule has 0 spiro atoms. The van der Waals surface area contributed by atoms with Crippen LogP contribution in [0.3, 0.4) is 0 Å². The van der Waals surface area contributed by atoms with Gasteiger partial charge in [-0.2, -0.15) is 0 Å². The van der Waals surface area contributed by atoms with E-state index in [0.29, 0.717) is 18.6 Å². The highest BCUT2D eigenvalue weighted by molar-refractivity contribution is 5.94. The number of amides is 2. The molecule has 1 aromatic carbocycles. The number of aryl methyl sites for hydroxylation is 1. The number of carbonyl (C=O) groups excluding carboxylic acids is 2. The molecular weight excluding hydrogens is 248 g/mol. The molecule has 2 amide bonds. The summed E-state index contributed by atoms with van der Waals surface area (Å²) in [4.78, 5) is 22.5. The summed E-state index contributed by atoms with van der Waals surface area (Å²) < 4.78 is 5.35. The fourth-order valence-electron chi connectivity index (χ4n) is 1.84. The zero-order valence-corrected chi connectivity index (χ0v) is 10.4. The molecule has 1 aromatic rings. The fraction of sp³-hybridized carbons (Fsp3) is 0.385. The summed E-state index contributed by atoms with van der Waals surface area (Å²) in [6.07, 6.45) is 1.14. The number of hydrogen-bond donors (Lipinski definition) is 3. The molecule has 0 aromatic heterocycles. The van der Waals surface area contributed by atoms with Crippen molar-refractivity contribution in [2.75, 3.05) is 25.1 Å². The van der Waals surface area contributed by atoms with Crippen LogP contribution in [0.1, 0.15) is 12.0 Å². The third kappa shape index (κ3) is 3.69. The Morgan fingerprint density at radius 2 is 2.26 bits per heavy atom. The summed E-state index contributed by atoms with van der Waals surface area (Å²) in [7, 11) is 0. The number of anilines is 1. The van der Waals surface area contributed by atoms with Crippen molar-refractivity contribution < 1.29 is 19.4 Å². The first kappa shape index (κ1) is 13.4. The maximum Gasteiger partial charge on any atom is 0.258 e. The van der Waals surface area contributed by atoms with Crippen molar-refractivity contribution >= 4 is 17.5 Å². The van der Waals surface area contributed by atoms with E-state index < -0.39 is 0 Å².